The van der Waals surface area contributed by atoms with E-state index in [1.54, 1.807) is 11.3 Å². The van der Waals surface area contributed by atoms with Crippen LogP contribution >= 0.6 is 11.3 Å². The zero-order valence-corrected chi connectivity index (χ0v) is 12.8. The fourth-order valence-corrected chi connectivity index (χ4v) is 3.42. The Labute approximate surface area is 123 Å². The van der Waals surface area contributed by atoms with Crippen molar-refractivity contribution in [3.05, 3.63) is 57.9 Å². The van der Waals surface area contributed by atoms with Crippen molar-refractivity contribution in [1.82, 2.24) is 4.98 Å². The van der Waals surface area contributed by atoms with Gasteiger partial charge in [0.15, 0.2) is 0 Å². The highest BCUT2D eigenvalue weighted by atomic mass is 32.1. The Morgan fingerprint density at radius 1 is 1.10 bits per heavy atom. The summed E-state index contributed by atoms with van der Waals surface area (Å²) >= 11 is 1.80. The Morgan fingerprint density at radius 3 is 2.70 bits per heavy atom. The molecule has 3 rings (SSSR count). The second-order valence-corrected chi connectivity index (χ2v) is 6.11. The van der Waals surface area contributed by atoms with E-state index in [0.29, 0.717) is 6.04 Å². The molecule has 2 heterocycles. The van der Waals surface area contributed by atoms with Crippen molar-refractivity contribution in [1.29, 1.82) is 0 Å². The molecular weight excluding hydrogens is 264 g/mol. The van der Waals surface area contributed by atoms with E-state index in [2.05, 4.69) is 65.9 Å². The number of hydrogen-bond acceptors (Lipinski definition) is 3. The van der Waals surface area contributed by atoms with Gasteiger partial charge < -0.3 is 5.32 Å². The van der Waals surface area contributed by atoms with Crippen LogP contribution in [0.1, 0.15) is 29.1 Å². The number of nitrogens with zero attached hydrogens (tertiary/aromatic N) is 1. The molecule has 2 nitrogen and oxygen atoms in total. The number of anilines is 1. The number of aryl methyl sites for hydroxylation is 2. The topological polar surface area (TPSA) is 24.9 Å². The highest BCUT2D eigenvalue weighted by Crippen LogP contribution is 2.29. The summed E-state index contributed by atoms with van der Waals surface area (Å²) in [5.74, 6) is 0. The third-order valence-electron chi connectivity index (χ3n) is 3.53. The minimum Gasteiger partial charge on any atom is -0.376 e. The fourth-order valence-electron chi connectivity index (χ4n) is 2.49. The van der Waals surface area contributed by atoms with Crippen molar-refractivity contribution >= 4 is 27.9 Å². The van der Waals surface area contributed by atoms with Gasteiger partial charge in [-0.15, -0.1) is 11.3 Å². The largest absolute Gasteiger partial charge is 0.376 e. The van der Waals surface area contributed by atoms with Crippen LogP contribution in [-0.4, -0.2) is 4.98 Å². The summed E-state index contributed by atoms with van der Waals surface area (Å²) in [5, 5.41) is 6.93. The lowest BCUT2D eigenvalue weighted by Crippen LogP contribution is -2.07. The Bertz CT molecular complexity index is 746. The molecule has 0 fully saturated rings. The van der Waals surface area contributed by atoms with Gasteiger partial charge in [0.2, 0.25) is 0 Å². The highest BCUT2D eigenvalue weighted by molar-refractivity contribution is 7.10. The van der Waals surface area contributed by atoms with Gasteiger partial charge in [-0.05, 0) is 49.9 Å². The van der Waals surface area contributed by atoms with Crippen LogP contribution in [0.2, 0.25) is 0 Å². The highest BCUT2D eigenvalue weighted by Gasteiger charge is 2.11. The molecule has 0 aliphatic rings. The van der Waals surface area contributed by atoms with E-state index in [1.165, 1.54) is 15.8 Å². The molecule has 0 saturated carbocycles. The number of rotatable bonds is 3. The van der Waals surface area contributed by atoms with Crippen LogP contribution in [0.3, 0.4) is 0 Å². The standard InChI is InChI=1S/C17H18N2S/c1-11-9-10-20-17(11)13(3)19-15-6-4-5-14-8-7-12(2)18-16(14)15/h4-10,13,19H,1-3H3. The van der Waals surface area contributed by atoms with Crippen LogP contribution in [0, 0.1) is 13.8 Å². The molecule has 2 aromatic heterocycles. The second kappa shape index (κ2) is 5.25. The molecule has 1 aromatic carbocycles. The first kappa shape index (κ1) is 13.1. The number of para-hydroxylation sites is 1. The maximum absolute atomic E-state index is 4.67. The van der Waals surface area contributed by atoms with Crippen molar-refractivity contribution in [2.24, 2.45) is 0 Å². The lowest BCUT2D eigenvalue weighted by atomic mass is 10.1. The molecule has 3 heteroatoms. The molecule has 3 aromatic rings. The summed E-state index contributed by atoms with van der Waals surface area (Å²) in [6.45, 7) is 6.39. The van der Waals surface area contributed by atoms with E-state index >= 15 is 0 Å². The summed E-state index contributed by atoms with van der Waals surface area (Å²) in [4.78, 5) is 6.06. The van der Waals surface area contributed by atoms with Gasteiger partial charge in [0.1, 0.15) is 0 Å². The molecular formula is C17H18N2S. The van der Waals surface area contributed by atoms with Crippen LogP contribution < -0.4 is 5.32 Å². The maximum Gasteiger partial charge on any atom is 0.0936 e. The van der Waals surface area contributed by atoms with Crippen LogP contribution in [0.25, 0.3) is 10.9 Å². The number of benzene rings is 1. The monoisotopic (exact) mass is 282 g/mol. The Kier molecular flexibility index (Phi) is 3.45. The van der Waals surface area contributed by atoms with Crippen molar-refractivity contribution in [3.63, 3.8) is 0 Å². The molecule has 102 valence electrons. The summed E-state index contributed by atoms with van der Waals surface area (Å²) in [7, 11) is 0. The predicted octanol–water partition coefficient (Wildman–Crippen LogP) is 5.09. The Hall–Kier alpha value is -1.87. The minimum atomic E-state index is 0.294. The van der Waals surface area contributed by atoms with Gasteiger partial charge in [-0.3, -0.25) is 4.98 Å². The van der Waals surface area contributed by atoms with E-state index in [4.69, 9.17) is 0 Å². The summed E-state index contributed by atoms with van der Waals surface area (Å²) < 4.78 is 0. The van der Waals surface area contributed by atoms with Crippen LogP contribution in [0.4, 0.5) is 5.69 Å². The van der Waals surface area contributed by atoms with Gasteiger partial charge in [0.25, 0.3) is 0 Å². The third kappa shape index (κ3) is 2.41. The maximum atomic E-state index is 4.67. The van der Waals surface area contributed by atoms with Crippen molar-refractivity contribution < 1.29 is 0 Å². The zero-order valence-electron chi connectivity index (χ0n) is 12.0. The van der Waals surface area contributed by atoms with Gasteiger partial charge in [-0.2, -0.15) is 0 Å². The Morgan fingerprint density at radius 2 is 1.95 bits per heavy atom. The second-order valence-electron chi connectivity index (χ2n) is 5.16. The fraction of sp³-hybridized carbons (Fsp3) is 0.235. The van der Waals surface area contributed by atoms with E-state index in [0.717, 1.165) is 16.9 Å². The quantitative estimate of drug-likeness (QED) is 0.724. The molecule has 0 saturated heterocycles. The normalized spacial score (nSPS) is 12.6. The third-order valence-corrected chi connectivity index (χ3v) is 4.73. The summed E-state index contributed by atoms with van der Waals surface area (Å²) in [6, 6.07) is 12.9. The van der Waals surface area contributed by atoms with Gasteiger partial charge in [0, 0.05) is 16.0 Å². The van der Waals surface area contributed by atoms with Gasteiger partial charge in [-0.25, -0.2) is 0 Å². The first-order valence-electron chi connectivity index (χ1n) is 6.82. The van der Waals surface area contributed by atoms with Gasteiger partial charge in [0.05, 0.1) is 17.2 Å². The molecule has 0 amide bonds. The predicted molar refractivity (Wildman–Crippen MR) is 87.6 cm³/mol. The van der Waals surface area contributed by atoms with E-state index in [-0.39, 0.29) is 0 Å². The van der Waals surface area contributed by atoms with Crippen LogP contribution in [0.15, 0.2) is 41.8 Å². The summed E-state index contributed by atoms with van der Waals surface area (Å²) in [5.41, 5.74) is 4.55. The summed E-state index contributed by atoms with van der Waals surface area (Å²) in [6.07, 6.45) is 0. The lowest BCUT2D eigenvalue weighted by Gasteiger charge is -2.16. The van der Waals surface area contributed by atoms with Gasteiger partial charge >= 0.3 is 0 Å². The SMILES string of the molecule is Cc1ccc2cccc(NC(C)c3sccc3C)c2n1. The van der Waals surface area contributed by atoms with Gasteiger partial charge in [-0.1, -0.05) is 18.2 Å². The molecule has 20 heavy (non-hydrogen) atoms. The number of pyridine rings is 1. The number of nitrogens with one attached hydrogen (secondary N) is 1. The van der Waals surface area contributed by atoms with E-state index in [9.17, 15) is 0 Å². The van der Waals surface area contributed by atoms with Crippen LogP contribution in [0.5, 0.6) is 0 Å². The smallest absolute Gasteiger partial charge is 0.0936 e. The molecule has 0 bridgehead atoms. The van der Waals surface area contributed by atoms with Crippen molar-refractivity contribution in [2.45, 2.75) is 26.8 Å². The number of aromatic nitrogens is 1. The first-order chi connectivity index (χ1) is 9.65. The number of thiophene rings is 1. The lowest BCUT2D eigenvalue weighted by molar-refractivity contribution is 0.900. The van der Waals surface area contributed by atoms with E-state index < -0.39 is 0 Å². The van der Waals surface area contributed by atoms with E-state index in [1.807, 2.05) is 6.92 Å². The number of fused-ring (bicyclic) bond motifs is 1. The molecule has 1 unspecified atom stereocenters. The molecule has 0 spiro atoms. The van der Waals surface area contributed by atoms with Crippen molar-refractivity contribution in [2.75, 3.05) is 5.32 Å². The minimum absolute atomic E-state index is 0.294. The molecule has 0 aliphatic heterocycles. The van der Waals surface area contributed by atoms with Crippen LogP contribution in [-0.2, 0) is 0 Å². The Balaban J connectivity index is 1.98. The molecule has 1 N–H and O–H groups in total. The molecule has 1 atom stereocenters. The molecule has 0 aliphatic carbocycles. The number of hydrogen-bond donors (Lipinski definition) is 1. The van der Waals surface area contributed by atoms with Crippen molar-refractivity contribution in [3.8, 4) is 0 Å². The zero-order chi connectivity index (χ0) is 14.1. The average molecular weight is 282 g/mol. The average Bonchev–Trinajstić information content (AvgIpc) is 2.86. The first-order valence-corrected chi connectivity index (χ1v) is 7.70. The molecule has 0 radical (unpaired) electrons.